The van der Waals surface area contributed by atoms with E-state index in [9.17, 15) is 9.90 Å². The number of nitrogens with one attached hydrogen (secondary N) is 3. The van der Waals surface area contributed by atoms with Gasteiger partial charge in [-0.2, -0.15) is 0 Å². The molecule has 1 aromatic rings. The zero-order valence-electron chi connectivity index (χ0n) is 10.9. The number of aliphatic hydroxyl groups is 1. The summed E-state index contributed by atoms with van der Waals surface area (Å²) in [4.78, 5) is 11.7. The van der Waals surface area contributed by atoms with Crippen LogP contribution in [0.5, 0.6) is 0 Å². The van der Waals surface area contributed by atoms with E-state index in [1.807, 2.05) is 30.3 Å². The molecule has 0 bridgehead atoms. The minimum atomic E-state index is -0.506. The van der Waals surface area contributed by atoms with Crippen LogP contribution in [0.3, 0.4) is 0 Å². The van der Waals surface area contributed by atoms with Gasteiger partial charge in [0.25, 0.3) is 0 Å². The number of hydrogen-bond acceptors (Lipinski definition) is 3. The van der Waals surface area contributed by atoms with Crippen molar-refractivity contribution in [1.29, 1.82) is 0 Å². The lowest BCUT2D eigenvalue weighted by atomic mass is 10.0. The molecule has 4 N–H and O–H groups in total. The molecule has 1 aliphatic rings. The Morgan fingerprint density at radius 3 is 2.89 bits per heavy atom. The molecule has 2 amide bonds. The highest BCUT2D eigenvalue weighted by Crippen LogP contribution is 2.03. The zero-order chi connectivity index (χ0) is 13.5. The second kappa shape index (κ2) is 7.11. The third-order valence-electron chi connectivity index (χ3n) is 3.31. The van der Waals surface area contributed by atoms with Crippen molar-refractivity contribution >= 4 is 6.03 Å². The molecular formula is C14H21N3O2. The Bertz CT molecular complexity index is 397. The molecule has 1 aromatic carbocycles. The van der Waals surface area contributed by atoms with E-state index in [0.29, 0.717) is 13.1 Å². The van der Waals surface area contributed by atoms with Crippen molar-refractivity contribution in [2.24, 2.45) is 0 Å². The zero-order valence-corrected chi connectivity index (χ0v) is 10.9. The van der Waals surface area contributed by atoms with Crippen LogP contribution >= 0.6 is 0 Å². The first-order valence-electron chi connectivity index (χ1n) is 6.73. The van der Waals surface area contributed by atoms with Crippen molar-refractivity contribution in [3.05, 3.63) is 35.9 Å². The summed E-state index contributed by atoms with van der Waals surface area (Å²) < 4.78 is 0. The van der Waals surface area contributed by atoms with Crippen LogP contribution < -0.4 is 16.0 Å². The molecule has 1 fully saturated rings. The Labute approximate surface area is 113 Å². The first-order chi connectivity index (χ1) is 9.25. The van der Waals surface area contributed by atoms with Gasteiger partial charge in [0.1, 0.15) is 0 Å². The molecule has 5 nitrogen and oxygen atoms in total. The van der Waals surface area contributed by atoms with Gasteiger partial charge in [0, 0.05) is 13.1 Å². The summed E-state index contributed by atoms with van der Waals surface area (Å²) >= 11 is 0. The fraction of sp³-hybridized carbons (Fsp3) is 0.500. The third-order valence-corrected chi connectivity index (χ3v) is 3.31. The average molecular weight is 263 g/mol. The molecule has 0 radical (unpaired) electrons. The van der Waals surface area contributed by atoms with E-state index in [1.54, 1.807) is 0 Å². The van der Waals surface area contributed by atoms with Crippen LogP contribution in [0.25, 0.3) is 0 Å². The lowest BCUT2D eigenvalue weighted by molar-refractivity contribution is 0.106. The number of rotatable bonds is 4. The number of urea groups is 1. The quantitative estimate of drug-likeness (QED) is 0.629. The van der Waals surface area contributed by atoms with Gasteiger partial charge in [0.15, 0.2) is 0 Å². The molecular weight excluding hydrogens is 242 g/mol. The Morgan fingerprint density at radius 2 is 2.16 bits per heavy atom. The van der Waals surface area contributed by atoms with Gasteiger partial charge >= 0.3 is 6.03 Å². The van der Waals surface area contributed by atoms with Gasteiger partial charge in [0.2, 0.25) is 0 Å². The monoisotopic (exact) mass is 263 g/mol. The first-order valence-corrected chi connectivity index (χ1v) is 6.73. The van der Waals surface area contributed by atoms with E-state index in [-0.39, 0.29) is 12.1 Å². The highest BCUT2D eigenvalue weighted by atomic mass is 16.3. The van der Waals surface area contributed by atoms with Crippen molar-refractivity contribution < 1.29 is 9.90 Å². The topological polar surface area (TPSA) is 73.4 Å². The molecule has 1 saturated heterocycles. The molecule has 1 aliphatic heterocycles. The van der Waals surface area contributed by atoms with Crippen molar-refractivity contribution in [1.82, 2.24) is 16.0 Å². The maximum atomic E-state index is 11.7. The number of β-amino-alcohol motifs (C(OH)–C–C–N with tert-alkyl or cyclic N) is 1. The molecule has 2 rings (SSSR count). The van der Waals surface area contributed by atoms with Gasteiger partial charge in [0.05, 0.1) is 12.1 Å². The molecule has 1 heterocycles. The van der Waals surface area contributed by atoms with Gasteiger partial charge in [-0.15, -0.1) is 0 Å². The second-order valence-corrected chi connectivity index (χ2v) is 4.80. The lowest BCUT2D eigenvalue weighted by Crippen LogP contribution is -2.54. The van der Waals surface area contributed by atoms with Gasteiger partial charge < -0.3 is 21.1 Å². The number of piperidine rings is 1. The largest absolute Gasteiger partial charge is 0.390 e. The highest BCUT2D eigenvalue weighted by Gasteiger charge is 2.23. The molecule has 19 heavy (non-hydrogen) atoms. The molecule has 0 unspecified atom stereocenters. The maximum Gasteiger partial charge on any atom is 0.315 e. The van der Waals surface area contributed by atoms with E-state index >= 15 is 0 Å². The van der Waals surface area contributed by atoms with Gasteiger partial charge in [-0.1, -0.05) is 30.3 Å². The Balaban J connectivity index is 1.67. The number of aliphatic hydroxyl groups excluding tert-OH is 1. The van der Waals surface area contributed by atoms with E-state index in [4.69, 9.17) is 0 Å². The molecule has 0 saturated carbocycles. The van der Waals surface area contributed by atoms with Gasteiger partial charge in [-0.25, -0.2) is 4.79 Å². The van der Waals surface area contributed by atoms with Crippen LogP contribution in [0.2, 0.25) is 0 Å². The fourth-order valence-electron chi connectivity index (χ4n) is 2.19. The van der Waals surface area contributed by atoms with Crippen LogP contribution in [0.4, 0.5) is 4.79 Å². The number of benzene rings is 1. The predicted molar refractivity (Wildman–Crippen MR) is 74.0 cm³/mol. The van der Waals surface area contributed by atoms with Crippen LogP contribution in [-0.2, 0) is 6.42 Å². The summed E-state index contributed by atoms with van der Waals surface area (Å²) in [6, 6.07) is 9.66. The van der Waals surface area contributed by atoms with Crippen LogP contribution in [-0.4, -0.2) is 42.9 Å². The summed E-state index contributed by atoms with van der Waals surface area (Å²) in [6.07, 6.45) is 1.06. The maximum absolute atomic E-state index is 11.7. The number of amides is 2. The average Bonchev–Trinajstić information content (AvgIpc) is 2.43. The molecule has 104 valence electrons. The SMILES string of the molecule is O=C(NCCc1ccccc1)N[C@@H]1CCNC[C@H]1O. The molecule has 0 spiro atoms. The third kappa shape index (κ3) is 4.54. The smallest absolute Gasteiger partial charge is 0.315 e. The number of carbonyl (C=O) groups excluding carboxylic acids is 1. The minimum absolute atomic E-state index is 0.155. The van der Waals surface area contributed by atoms with Crippen LogP contribution in [0.15, 0.2) is 30.3 Å². The standard InChI is InChI=1S/C14H21N3O2/c18-13-10-15-8-7-12(13)17-14(19)16-9-6-11-4-2-1-3-5-11/h1-5,12-13,15,18H,6-10H2,(H2,16,17,19)/t12-,13-/m1/s1. The molecule has 0 aromatic heterocycles. The first kappa shape index (κ1) is 13.8. The predicted octanol–water partition coefficient (Wildman–Crippen LogP) is 0.251. The van der Waals surface area contributed by atoms with E-state index in [1.165, 1.54) is 5.56 Å². The Morgan fingerprint density at radius 1 is 1.37 bits per heavy atom. The summed E-state index contributed by atoms with van der Waals surface area (Å²) in [6.45, 7) is 1.96. The number of carbonyl (C=O) groups is 1. The summed E-state index contributed by atoms with van der Waals surface area (Å²) in [5, 5.41) is 18.4. The van der Waals surface area contributed by atoms with Crippen LogP contribution in [0.1, 0.15) is 12.0 Å². The minimum Gasteiger partial charge on any atom is -0.390 e. The normalized spacial score (nSPS) is 22.8. The van der Waals surface area contributed by atoms with E-state index in [0.717, 1.165) is 19.4 Å². The Kier molecular flexibility index (Phi) is 5.18. The summed E-state index contributed by atoms with van der Waals surface area (Å²) in [5.41, 5.74) is 1.20. The van der Waals surface area contributed by atoms with Crippen molar-refractivity contribution in [2.75, 3.05) is 19.6 Å². The van der Waals surface area contributed by atoms with Crippen molar-refractivity contribution in [3.63, 3.8) is 0 Å². The highest BCUT2D eigenvalue weighted by molar-refractivity contribution is 5.74. The van der Waals surface area contributed by atoms with Crippen molar-refractivity contribution in [3.8, 4) is 0 Å². The van der Waals surface area contributed by atoms with Crippen molar-refractivity contribution in [2.45, 2.75) is 25.0 Å². The summed E-state index contributed by atoms with van der Waals surface area (Å²) in [5.74, 6) is 0. The van der Waals surface area contributed by atoms with E-state index in [2.05, 4.69) is 16.0 Å². The van der Waals surface area contributed by atoms with E-state index < -0.39 is 6.10 Å². The van der Waals surface area contributed by atoms with Gasteiger partial charge in [-0.3, -0.25) is 0 Å². The summed E-state index contributed by atoms with van der Waals surface area (Å²) in [7, 11) is 0. The number of hydrogen-bond donors (Lipinski definition) is 4. The fourth-order valence-corrected chi connectivity index (χ4v) is 2.19. The molecule has 2 atom stereocenters. The lowest BCUT2D eigenvalue weighted by Gasteiger charge is -2.29. The molecule has 0 aliphatic carbocycles. The molecule has 5 heteroatoms. The second-order valence-electron chi connectivity index (χ2n) is 4.80. The Hall–Kier alpha value is -1.59. The van der Waals surface area contributed by atoms with Gasteiger partial charge in [-0.05, 0) is 24.9 Å². The van der Waals surface area contributed by atoms with Crippen LogP contribution in [0, 0.1) is 0 Å².